The van der Waals surface area contributed by atoms with Gasteiger partial charge in [0.05, 0.1) is 5.69 Å². The van der Waals surface area contributed by atoms with Gasteiger partial charge in [-0.1, -0.05) is 29.8 Å². The average molecular weight is 315 g/mol. The van der Waals surface area contributed by atoms with Crippen molar-refractivity contribution < 1.29 is 0 Å². The Hall–Kier alpha value is -1.65. The minimum Gasteiger partial charge on any atom is -0.316 e. The molecule has 0 radical (unpaired) electrons. The standard InChI is InChI=1S/C17H19ClN4/c18-16-13-7-9-19-10-8-14(13)20-17(21-16)22-11-3-5-12-4-1-2-6-15(12)22/h1-2,4,6,19H,3,5,7-11H2. The molecule has 1 aromatic heterocycles. The van der Waals surface area contributed by atoms with Crippen molar-refractivity contribution in [2.24, 2.45) is 0 Å². The lowest BCUT2D eigenvalue weighted by atomic mass is 10.0. The van der Waals surface area contributed by atoms with Gasteiger partial charge < -0.3 is 10.2 Å². The summed E-state index contributed by atoms with van der Waals surface area (Å²) < 4.78 is 0. The predicted octanol–water partition coefficient (Wildman–Crippen LogP) is 2.90. The number of benzene rings is 1. The molecule has 0 saturated heterocycles. The van der Waals surface area contributed by atoms with Gasteiger partial charge in [-0.3, -0.25) is 0 Å². The van der Waals surface area contributed by atoms with Crippen LogP contribution in [0, 0.1) is 0 Å². The zero-order valence-electron chi connectivity index (χ0n) is 12.5. The Morgan fingerprint density at radius 2 is 1.91 bits per heavy atom. The molecule has 22 heavy (non-hydrogen) atoms. The van der Waals surface area contributed by atoms with Crippen molar-refractivity contribution in [3.8, 4) is 0 Å². The highest BCUT2D eigenvalue weighted by Gasteiger charge is 2.23. The number of nitrogens with zero attached hydrogens (tertiary/aromatic N) is 3. The molecule has 2 aromatic rings. The second-order valence-electron chi connectivity index (χ2n) is 5.87. The Labute approximate surface area is 135 Å². The first-order chi connectivity index (χ1) is 10.8. The van der Waals surface area contributed by atoms with Crippen LogP contribution in [0.1, 0.15) is 23.2 Å². The van der Waals surface area contributed by atoms with Gasteiger partial charge in [0.25, 0.3) is 0 Å². The summed E-state index contributed by atoms with van der Waals surface area (Å²) >= 11 is 6.46. The van der Waals surface area contributed by atoms with Crippen LogP contribution in [0.15, 0.2) is 24.3 Å². The number of fused-ring (bicyclic) bond motifs is 2. The normalized spacial score (nSPS) is 17.6. The molecule has 0 amide bonds. The average Bonchev–Trinajstić information content (AvgIpc) is 2.80. The van der Waals surface area contributed by atoms with E-state index >= 15 is 0 Å². The van der Waals surface area contributed by atoms with Gasteiger partial charge in [0.2, 0.25) is 5.95 Å². The fourth-order valence-corrected chi connectivity index (χ4v) is 3.63. The number of aryl methyl sites for hydroxylation is 1. The van der Waals surface area contributed by atoms with Crippen molar-refractivity contribution in [1.82, 2.24) is 15.3 Å². The van der Waals surface area contributed by atoms with Gasteiger partial charge in [-0.25, -0.2) is 9.97 Å². The molecule has 0 fully saturated rings. The topological polar surface area (TPSA) is 41.1 Å². The number of anilines is 2. The van der Waals surface area contributed by atoms with E-state index in [4.69, 9.17) is 16.6 Å². The van der Waals surface area contributed by atoms with Crippen molar-refractivity contribution >= 4 is 23.2 Å². The number of hydrogen-bond donors (Lipinski definition) is 1. The van der Waals surface area contributed by atoms with Crippen molar-refractivity contribution in [1.29, 1.82) is 0 Å². The zero-order chi connectivity index (χ0) is 14.9. The SMILES string of the molecule is Clc1nc(N2CCCc3ccccc32)nc2c1CCNCC2. The highest BCUT2D eigenvalue weighted by atomic mass is 35.5. The second kappa shape index (κ2) is 5.86. The van der Waals surface area contributed by atoms with Crippen LogP contribution in [0.25, 0.3) is 0 Å². The quantitative estimate of drug-likeness (QED) is 0.822. The fraction of sp³-hybridized carbons (Fsp3) is 0.412. The first-order valence-electron chi connectivity index (χ1n) is 7.94. The summed E-state index contributed by atoms with van der Waals surface area (Å²) in [5, 5.41) is 4.01. The summed E-state index contributed by atoms with van der Waals surface area (Å²) in [5.41, 5.74) is 4.80. The Bertz CT molecular complexity index is 701. The summed E-state index contributed by atoms with van der Waals surface area (Å²) in [6.07, 6.45) is 4.07. The summed E-state index contributed by atoms with van der Waals surface area (Å²) in [5.74, 6) is 0.748. The van der Waals surface area contributed by atoms with Crippen molar-refractivity contribution in [2.75, 3.05) is 24.5 Å². The zero-order valence-corrected chi connectivity index (χ0v) is 13.2. The van der Waals surface area contributed by atoms with E-state index < -0.39 is 0 Å². The van der Waals surface area contributed by atoms with E-state index in [9.17, 15) is 0 Å². The fourth-order valence-electron chi connectivity index (χ4n) is 3.35. The smallest absolute Gasteiger partial charge is 0.231 e. The molecule has 4 rings (SSSR count). The molecule has 0 atom stereocenters. The van der Waals surface area contributed by atoms with Crippen LogP contribution in [-0.4, -0.2) is 29.6 Å². The van der Waals surface area contributed by atoms with Crippen LogP contribution in [0.3, 0.4) is 0 Å². The van der Waals surface area contributed by atoms with E-state index in [1.54, 1.807) is 0 Å². The number of aromatic nitrogens is 2. The van der Waals surface area contributed by atoms with Gasteiger partial charge in [-0.05, 0) is 37.4 Å². The third kappa shape index (κ3) is 2.46. The maximum absolute atomic E-state index is 6.46. The summed E-state index contributed by atoms with van der Waals surface area (Å²) in [6.45, 7) is 2.85. The molecule has 1 N–H and O–H groups in total. The first-order valence-corrected chi connectivity index (χ1v) is 8.32. The predicted molar refractivity (Wildman–Crippen MR) is 89.1 cm³/mol. The van der Waals surface area contributed by atoms with E-state index in [0.29, 0.717) is 5.15 Å². The van der Waals surface area contributed by atoms with Gasteiger partial charge in [0.1, 0.15) is 5.15 Å². The highest BCUT2D eigenvalue weighted by molar-refractivity contribution is 6.30. The van der Waals surface area contributed by atoms with Crippen molar-refractivity contribution in [3.05, 3.63) is 46.2 Å². The lowest BCUT2D eigenvalue weighted by molar-refractivity contribution is 0.707. The maximum atomic E-state index is 6.46. The number of halogens is 1. The molecule has 0 aliphatic carbocycles. The maximum Gasteiger partial charge on any atom is 0.231 e. The molecule has 0 saturated carbocycles. The lowest BCUT2D eigenvalue weighted by Gasteiger charge is -2.30. The number of para-hydroxylation sites is 1. The number of rotatable bonds is 1. The monoisotopic (exact) mass is 314 g/mol. The molecule has 1 aromatic carbocycles. The molecular weight excluding hydrogens is 296 g/mol. The lowest BCUT2D eigenvalue weighted by Crippen LogP contribution is -2.27. The van der Waals surface area contributed by atoms with E-state index in [2.05, 4.69) is 39.5 Å². The molecule has 2 aliphatic heterocycles. The van der Waals surface area contributed by atoms with Crippen molar-refractivity contribution in [2.45, 2.75) is 25.7 Å². The summed E-state index contributed by atoms with van der Waals surface area (Å²) in [4.78, 5) is 11.7. The molecule has 5 heteroatoms. The summed E-state index contributed by atoms with van der Waals surface area (Å²) in [7, 11) is 0. The number of nitrogens with one attached hydrogen (secondary N) is 1. The third-order valence-corrected chi connectivity index (χ3v) is 4.79. The Morgan fingerprint density at radius 1 is 1.05 bits per heavy atom. The van der Waals surface area contributed by atoms with Gasteiger partial charge in [0, 0.05) is 30.8 Å². The molecule has 2 aliphatic rings. The molecule has 0 unspecified atom stereocenters. The largest absolute Gasteiger partial charge is 0.316 e. The van der Waals surface area contributed by atoms with Gasteiger partial charge in [-0.15, -0.1) is 0 Å². The Morgan fingerprint density at radius 3 is 2.86 bits per heavy atom. The second-order valence-corrected chi connectivity index (χ2v) is 6.23. The van der Waals surface area contributed by atoms with E-state index in [1.165, 1.54) is 11.3 Å². The molecule has 0 spiro atoms. The minimum absolute atomic E-state index is 0.617. The highest BCUT2D eigenvalue weighted by Crippen LogP contribution is 2.33. The minimum atomic E-state index is 0.617. The summed E-state index contributed by atoms with van der Waals surface area (Å²) in [6, 6.07) is 8.51. The van der Waals surface area contributed by atoms with E-state index in [0.717, 1.165) is 62.5 Å². The molecule has 114 valence electrons. The van der Waals surface area contributed by atoms with Crippen LogP contribution >= 0.6 is 11.6 Å². The van der Waals surface area contributed by atoms with Crippen LogP contribution in [0.2, 0.25) is 5.15 Å². The van der Waals surface area contributed by atoms with Crippen molar-refractivity contribution in [3.63, 3.8) is 0 Å². The van der Waals surface area contributed by atoms with Crippen LogP contribution in [0.4, 0.5) is 11.6 Å². The molecule has 3 heterocycles. The van der Waals surface area contributed by atoms with Gasteiger partial charge in [-0.2, -0.15) is 0 Å². The van der Waals surface area contributed by atoms with E-state index in [1.807, 2.05) is 0 Å². The Kier molecular flexibility index (Phi) is 3.72. The van der Waals surface area contributed by atoms with Gasteiger partial charge in [0.15, 0.2) is 0 Å². The third-order valence-electron chi connectivity index (χ3n) is 4.47. The van der Waals surface area contributed by atoms with Crippen LogP contribution < -0.4 is 10.2 Å². The first kappa shape index (κ1) is 14.0. The van der Waals surface area contributed by atoms with Crippen LogP contribution in [0.5, 0.6) is 0 Å². The van der Waals surface area contributed by atoms with Gasteiger partial charge >= 0.3 is 0 Å². The molecule has 0 bridgehead atoms. The number of hydrogen-bond acceptors (Lipinski definition) is 4. The molecule has 4 nitrogen and oxygen atoms in total. The van der Waals surface area contributed by atoms with E-state index in [-0.39, 0.29) is 0 Å². The molecular formula is C17H19ClN4. The van der Waals surface area contributed by atoms with Crippen LogP contribution in [-0.2, 0) is 19.3 Å². The Balaban J connectivity index is 1.78.